The third-order valence-corrected chi connectivity index (χ3v) is 5.52. The van der Waals surface area contributed by atoms with Crippen molar-refractivity contribution in [2.45, 2.75) is 44.7 Å². The van der Waals surface area contributed by atoms with Crippen molar-refractivity contribution in [3.63, 3.8) is 0 Å². The van der Waals surface area contributed by atoms with Crippen molar-refractivity contribution >= 4 is 23.4 Å². The van der Waals surface area contributed by atoms with Crippen LogP contribution in [0.4, 0.5) is 0 Å². The van der Waals surface area contributed by atoms with Gasteiger partial charge in [-0.2, -0.15) is 0 Å². The first-order valence-corrected chi connectivity index (χ1v) is 9.41. The molecule has 2 heterocycles. The van der Waals surface area contributed by atoms with Crippen LogP contribution in [0.1, 0.15) is 44.2 Å². The average Bonchev–Trinajstić information content (AvgIpc) is 2.62. The lowest BCUT2D eigenvalue weighted by Gasteiger charge is -2.41. The van der Waals surface area contributed by atoms with Gasteiger partial charge in [-0.05, 0) is 37.8 Å². The standard InChI is InChI=1S/C19H25ClN2O3/c1-2-22-17(23)8-7-15(18(22)14-5-3-4-6-16(14)20)19(24)21-13-9-11-25-12-10-13/h3-6,13,15,18H,2,7-12H2,1H3,(H,21,24)/t15-,18+/m1/s1. The molecule has 1 N–H and O–H groups in total. The van der Waals surface area contributed by atoms with Crippen LogP contribution >= 0.6 is 11.6 Å². The molecule has 136 valence electrons. The zero-order valence-electron chi connectivity index (χ0n) is 14.5. The van der Waals surface area contributed by atoms with Crippen LogP contribution in [-0.4, -0.2) is 42.5 Å². The van der Waals surface area contributed by atoms with Crippen LogP contribution in [0.5, 0.6) is 0 Å². The first kappa shape index (κ1) is 18.2. The third-order valence-electron chi connectivity index (χ3n) is 5.18. The quantitative estimate of drug-likeness (QED) is 0.893. The number of nitrogens with one attached hydrogen (secondary N) is 1. The van der Waals surface area contributed by atoms with Crippen LogP contribution in [0.2, 0.25) is 5.02 Å². The zero-order valence-corrected chi connectivity index (χ0v) is 15.3. The molecule has 0 aliphatic carbocycles. The van der Waals surface area contributed by atoms with Crippen LogP contribution in [0.25, 0.3) is 0 Å². The van der Waals surface area contributed by atoms with Crippen LogP contribution in [-0.2, 0) is 14.3 Å². The highest BCUT2D eigenvalue weighted by Gasteiger charge is 2.41. The number of halogens is 1. The van der Waals surface area contributed by atoms with E-state index in [1.165, 1.54) is 0 Å². The second kappa shape index (κ2) is 8.19. The van der Waals surface area contributed by atoms with Crippen molar-refractivity contribution in [2.75, 3.05) is 19.8 Å². The summed E-state index contributed by atoms with van der Waals surface area (Å²) in [6, 6.07) is 7.35. The smallest absolute Gasteiger partial charge is 0.225 e. The molecule has 5 nitrogen and oxygen atoms in total. The van der Waals surface area contributed by atoms with E-state index < -0.39 is 0 Å². The summed E-state index contributed by atoms with van der Waals surface area (Å²) in [7, 11) is 0. The van der Waals surface area contributed by atoms with E-state index in [0.717, 1.165) is 18.4 Å². The number of rotatable bonds is 4. The number of nitrogens with zero attached hydrogens (tertiary/aromatic N) is 1. The molecule has 0 radical (unpaired) electrons. The number of piperidine rings is 1. The van der Waals surface area contributed by atoms with Crippen molar-refractivity contribution < 1.29 is 14.3 Å². The van der Waals surface area contributed by atoms with Gasteiger partial charge in [0.1, 0.15) is 0 Å². The van der Waals surface area contributed by atoms with Crippen LogP contribution in [0.15, 0.2) is 24.3 Å². The normalized spacial score (nSPS) is 25.0. The second-order valence-electron chi connectivity index (χ2n) is 6.69. The molecule has 1 aromatic carbocycles. The Balaban J connectivity index is 1.85. The summed E-state index contributed by atoms with van der Waals surface area (Å²) >= 11 is 6.40. The SMILES string of the molecule is CCN1C(=O)CC[C@@H](C(=O)NC2CCOCC2)[C@@H]1c1ccccc1Cl. The van der Waals surface area contributed by atoms with E-state index in [0.29, 0.717) is 37.6 Å². The van der Waals surface area contributed by atoms with Crippen molar-refractivity contribution in [1.29, 1.82) is 0 Å². The average molecular weight is 365 g/mol. The number of carbonyl (C=O) groups excluding carboxylic acids is 2. The van der Waals surface area contributed by atoms with Gasteiger partial charge in [0.15, 0.2) is 0 Å². The third kappa shape index (κ3) is 3.98. The maximum atomic E-state index is 13.0. The molecule has 2 aliphatic rings. The van der Waals surface area contributed by atoms with Gasteiger partial charge in [-0.15, -0.1) is 0 Å². The molecule has 25 heavy (non-hydrogen) atoms. The minimum atomic E-state index is -0.306. The summed E-state index contributed by atoms with van der Waals surface area (Å²) in [6.45, 7) is 3.88. The highest BCUT2D eigenvalue weighted by Crippen LogP contribution is 2.39. The van der Waals surface area contributed by atoms with E-state index in [1.54, 1.807) is 4.90 Å². The largest absolute Gasteiger partial charge is 0.381 e. The predicted octanol–water partition coefficient (Wildman–Crippen LogP) is 2.93. The Morgan fingerprint density at radius 2 is 2.00 bits per heavy atom. The number of benzene rings is 1. The monoisotopic (exact) mass is 364 g/mol. The first-order chi connectivity index (χ1) is 12.1. The Kier molecular flexibility index (Phi) is 5.97. The number of hydrogen-bond acceptors (Lipinski definition) is 3. The van der Waals surface area contributed by atoms with Gasteiger partial charge >= 0.3 is 0 Å². The van der Waals surface area contributed by atoms with Crippen LogP contribution < -0.4 is 5.32 Å². The van der Waals surface area contributed by atoms with Gasteiger partial charge in [0.25, 0.3) is 0 Å². The van der Waals surface area contributed by atoms with Gasteiger partial charge in [-0.1, -0.05) is 29.8 Å². The van der Waals surface area contributed by atoms with Crippen molar-refractivity contribution in [3.8, 4) is 0 Å². The highest BCUT2D eigenvalue weighted by atomic mass is 35.5. The Hall–Kier alpha value is -1.59. The highest BCUT2D eigenvalue weighted by molar-refractivity contribution is 6.31. The van der Waals surface area contributed by atoms with Gasteiger partial charge in [-0.3, -0.25) is 9.59 Å². The molecular formula is C19H25ClN2O3. The van der Waals surface area contributed by atoms with Gasteiger partial charge in [-0.25, -0.2) is 0 Å². The van der Waals surface area contributed by atoms with Gasteiger partial charge in [0.2, 0.25) is 11.8 Å². The minimum absolute atomic E-state index is 0.0165. The molecule has 2 atom stereocenters. The molecule has 1 aromatic rings. The lowest BCUT2D eigenvalue weighted by Crippen LogP contribution is -2.50. The van der Waals surface area contributed by atoms with Crippen LogP contribution in [0.3, 0.4) is 0 Å². The fourth-order valence-corrected chi connectivity index (χ4v) is 4.10. The van der Waals surface area contributed by atoms with E-state index in [1.807, 2.05) is 31.2 Å². The summed E-state index contributed by atoms with van der Waals surface area (Å²) in [5.74, 6) is -0.175. The molecule has 2 fully saturated rings. The van der Waals surface area contributed by atoms with Crippen LogP contribution in [0, 0.1) is 5.92 Å². The molecule has 2 aliphatic heterocycles. The van der Waals surface area contributed by atoms with E-state index in [4.69, 9.17) is 16.3 Å². The Labute approximate surface area is 153 Å². The predicted molar refractivity (Wildman–Crippen MR) is 96.3 cm³/mol. The lowest BCUT2D eigenvalue weighted by molar-refractivity contribution is -0.143. The van der Waals surface area contributed by atoms with Crippen molar-refractivity contribution in [3.05, 3.63) is 34.9 Å². The number of carbonyl (C=O) groups is 2. The van der Waals surface area contributed by atoms with Crippen molar-refractivity contribution in [2.24, 2.45) is 5.92 Å². The number of likely N-dealkylation sites (tertiary alicyclic amines) is 1. The van der Waals surface area contributed by atoms with E-state index >= 15 is 0 Å². The lowest BCUT2D eigenvalue weighted by atomic mass is 9.83. The van der Waals surface area contributed by atoms with Gasteiger partial charge in [0.05, 0.1) is 12.0 Å². The molecule has 0 unspecified atom stereocenters. The molecule has 2 amide bonds. The Morgan fingerprint density at radius 3 is 2.68 bits per heavy atom. The number of hydrogen-bond donors (Lipinski definition) is 1. The molecule has 0 bridgehead atoms. The number of amides is 2. The molecule has 6 heteroatoms. The second-order valence-corrected chi connectivity index (χ2v) is 7.09. The maximum absolute atomic E-state index is 13.0. The van der Waals surface area contributed by atoms with E-state index in [-0.39, 0.29) is 29.8 Å². The minimum Gasteiger partial charge on any atom is -0.381 e. The molecule has 0 saturated carbocycles. The first-order valence-electron chi connectivity index (χ1n) is 9.03. The van der Waals surface area contributed by atoms with Gasteiger partial charge < -0.3 is 15.0 Å². The molecule has 2 saturated heterocycles. The summed E-state index contributed by atoms with van der Waals surface area (Å²) in [5, 5.41) is 3.77. The van der Waals surface area contributed by atoms with Crippen molar-refractivity contribution in [1.82, 2.24) is 10.2 Å². The maximum Gasteiger partial charge on any atom is 0.225 e. The molecule has 0 spiro atoms. The fourth-order valence-electron chi connectivity index (χ4n) is 3.85. The summed E-state index contributed by atoms with van der Waals surface area (Å²) in [5.41, 5.74) is 0.853. The summed E-state index contributed by atoms with van der Waals surface area (Å²) in [4.78, 5) is 27.2. The molecule has 0 aromatic heterocycles. The Morgan fingerprint density at radius 1 is 1.28 bits per heavy atom. The zero-order chi connectivity index (χ0) is 17.8. The number of ether oxygens (including phenoxy) is 1. The Bertz CT molecular complexity index is 631. The topological polar surface area (TPSA) is 58.6 Å². The molecule has 3 rings (SSSR count). The van der Waals surface area contributed by atoms with E-state index in [2.05, 4.69) is 5.32 Å². The summed E-state index contributed by atoms with van der Waals surface area (Å²) < 4.78 is 5.36. The fraction of sp³-hybridized carbons (Fsp3) is 0.579. The van der Waals surface area contributed by atoms with Gasteiger partial charge in [0, 0.05) is 37.2 Å². The van der Waals surface area contributed by atoms with E-state index in [9.17, 15) is 9.59 Å². The summed E-state index contributed by atoms with van der Waals surface area (Å²) in [6.07, 6.45) is 2.64. The molecular weight excluding hydrogens is 340 g/mol.